The molecular formula is C16H14BrClO2. The maximum absolute atomic E-state index is 12.3. The molecular weight excluding hydrogens is 340 g/mol. The van der Waals surface area contributed by atoms with E-state index in [0.717, 1.165) is 10.0 Å². The van der Waals surface area contributed by atoms with Gasteiger partial charge in [-0.15, -0.1) is 0 Å². The minimum atomic E-state index is -0.562. The Morgan fingerprint density at radius 1 is 1.20 bits per heavy atom. The van der Waals surface area contributed by atoms with Crippen LogP contribution in [0.25, 0.3) is 0 Å². The molecule has 1 atom stereocenters. The quantitative estimate of drug-likeness (QED) is 0.718. The van der Waals surface area contributed by atoms with E-state index in [1.807, 2.05) is 25.1 Å². The van der Waals surface area contributed by atoms with E-state index in [2.05, 4.69) is 15.9 Å². The van der Waals surface area contributed by atoms with Crippen LogP contribution in [-0.2, 0) is 0 Å². The number of carbonyl (C=O) groups is 1. The molecule has 0 aromatic heterocycles. The molecule has 104 valence electrons. The zero-order valence-corrected chi connectivity index (χ0v) is 13.5. The Morgan fingerprint density at radius 2 is 1.85 bits per heavy atom. The van der Waals surface area contributed by atoms with Gasteiger partial charge in [-0.2, -0.15) is 0 Å². The van der Waals surface area contributed by atoms with E-state index in [9.17, 15) is 4.79 Å². The standard InChI is InChI=1S/C16H14BrClO2/c1-10-3-8-14(18)9-15(10)20-11(2)16(19)12-4-6-13(17)7-5-12/h3-9,11H,1-2H3. The number of ketones is 1. The summed E-state index contributed by atoms with van der Waals surface area (Å²) in [5.41, 5.74) is 1.57. The van der Waals surface area contributed by atoms with Gasteiger partial charge in [0.15, 0.2) is 6.10 Å². The van der Waals surface area contributed by atoms with Crippen molar-refractivity contribution in [3.8, 4) is 5.75 Å². The van der Waals surface area contributed by atoms with Gasteiger partial charge in [0.1, 0.15) is 5.75 Å². The second-order valence-corrected chi connectivity index (χ2v) is 5.89. The Morgan fingerprint density at radius 3 is 2.50 bits per heavy atom. The van der Waals surface area contributed by atoms with Crippen LogP contribution >= 0.6 is 27.5 Å². The van der Waals surface area contributed by atoms with E-state index in [-0.39, 0.29) is 5.78 Å². The van der Waals surface area contributed by atoms with E-state index < -0.39 is 6.10 Å². The van der Waals surface area contributed by atoms with Crippen LogP contribution in [0.4, 0.5) is 0 Å². The summed E-state index contributed by atoms with van der Waals surface area (Å²) in [6.07, 6.45) is -0.562. The minimum Gasteiger partial charge on any atom is -0.482 e. The molecule has 0 bridgehead atoms. The molecule has 0 spiro atoms. The molecule has 2 aromatic rings. The lowest BCUT2D eigenvalue weighted by atomic mass is 10.1. The summed E-state index contributed by atoms with van der Waals surface area (Å²) >= 11 is 9.29. The molecule has 0 aliphatic carbocycles. The number of carbonyl (C=O) groups excluding carboxylic acids is 1. The van der Waals surface area contributed by atoms with E-state index in [0.29, 0.717) is 16.3 Å². The summed E-state index contributed by atoms with van der Waals surface area (Å²) in [6.45, 7) is 3.66. The Labute approximate surface area is 131 Å². The van der Waals surface area contributed by atoms with E-state index in [4.69, 9.17) is 16.3 Å². The Bertz CT molecular complexity index is 623. The number of hydrogen-bond acceptors (Lipinski definition) is 2. The third-order valence-corrected chi connectivity index (χ3v) is 3.72. The molecule has 4 heteroatoms. The van der Waals surface area contributed by atoms with Crippen LogP contribution in [0, 0.1) is 6.92 Å². The molecule has 2 aromatic carbocycles. The van der Waals surface area contributed by atoms with Gasteiger partial charge < -0.3 is 4.74 Å². The second kappa shape index (κ2) is 6.42. The highest BCUT2D eigenvalue weighted by atomic mass is 79.9. The summed E-state index contributed by atoms with van der Waals surface area (Å²) in [4.78, 5) is 12.3. The fourth-order valence-electron chi connectivity index (χ4n) is 1.79. The minimum absolute atomic E-state index is 0.0584. The van der Waals surface area contributed by atoms with Crippen molar-refractivity contribution < 1.29 is 9.53 Å². The highest BCUT2D eigenvalue weighted by molar-refractivity contribution is 9.10. The fourth-order valence-corrected chi connectivity index (χ4v) is 2.22. The number of hydrogen-bond donors (Lipinski definition) is 0. The van der Waals surface area contributed by atoms with Crippen molar-refractivity contribution in [1.29, 1.82) is 0 Å². The first-order valence-electron chi connectivity index (χ1n) is 6.20. The first-order valence-corrected chi connectivity index (χ1v) is 7.37. The van der Waals surface area contributed by atoms with Gasteiger partial charge in [-0.3, -0.25) is 4.79 Å². The molecule has 0 aliphatic rings. The lowest BCUT2D eigenvalue weighted by molar-refractivity contribution is 0.0817. The van der Waals surface area contributed by atoms with Crippen molar-refractivity contribution in [2.24, 2.45) is 0 Å². The third-order valence-electron chi connectivity index (χ3n) is 2.95. The molecule has 2 nitrogen and oxygen atoms in total. The van der Waals surface area contributed by atoms with Gasteiger partial charge in [0.2, 0.25) is 5.78 Å². The van der Waals surface area contributed by atoms with Gasteiger partial charge in [-0.25, -0.2) is 0 Å². The van der Waals surface area contributed by atoms with Crippen molar-refractivity contribution in [2.45, 2.75) is 20.0 Å². The number of benzene rings is 2. The molecule has 2 rings (SSSR count). The van der Waals surface area contributed by atoms with Crippen LogP contribution in [0.15, 0.2) is 46.9 Å². The first kappa shape index (κ1) is 15.1. The first-order chi connectivity index (χ1) is 9.47. The van der Waals surface area contributed by atoms with Crippen LogP contribution in [-0.4, -0.2) is 11.9 Å². The average molecular weight is 354 g/mol. The monoisotopic (exact) mass is 352 g/mol. The molecule has 0 radical (unpaired) electrons. The predicted molar refractivity (Wildman–Crippen MR) is 84.8 cm³/mol. The number of aryl methyl sites for hydroxylation is 1. The zero-order chi connectivity index (χ0) is 14.7. The number of ether oxygens (including phenoxy) is 1. The number of halogens is 2. The summed E-state index contributed by atoms with van der Waals surface area (Å²) in [6, 6.07) is 12.6. The maximum atomic E-state index is 12.3. The van der Waals surface area contributed by atoms with Gasteiger partial charge in [0.05, 0.1) is 0 Å². The van der Waals surface area contributed by atoms with Gasteiger partial charge in [0, 0.05) is 15.1 Å². The van der Waals surface area contributed by atoms with Crippen molar-refractivity contribution in [3.05, 3.63) is 63.1 Å². The number of rotatable bonds is 4. The van der Waals surface area contributed by atoms with Gasteiger partial charge in [0.25, 0.3) is 0 Å². The zero-order valence-electron chi connectivity index (χ0n) is 11.2. The van der Waals surface area contributed by atoms with E-state index >= 15 is 0 Å². The van der Waals surface area contributed by atoms with E-state index in [1.165, 1.54) is 0 Å². The largest absolute Gasteiger partial charge is 0.482 e. The molecule has 0 saturated carbocycles. The van der Waals surface area contributed by atoms with Crippen molar-refractivity contribution in [2.75, 3.05) is 0 Å². The second-order valence-electron chi connectivity index (χ2n) is 4.54. The lowest BCUT2D eigenvalue weighted by Gasteiger charge is -2.15. The summed E-state index contributed by atoms with van der Waals surface area (Å²) in [7, 11) is 0. The third kappa shape index (κ3) is 3.62. The van der Waals surface area contributed by atoms with Crippen molar-refractivity contribution in [3.63, 3.8) is 0 Å². The normalized spacial score (nSPS) is 12.0. The van der Waals surface area contributed by atoms with Crippen molar-refractivity contribution >= 4 is 33.3 Å². The predicted octanol–water partition coefficient (Wildman–Crippen LogP) is 5.06. The van der Waals surface area contributed by atoms with Crippen LogP contribution in [0.1, 0.15) is 22.8 Å². The van der Waals surface area contributed by atoms with Crippen LogP contribution in [0.3, 0.4) is 0 Å². The summed E-state index contributed by atoms with van der Waals surface area (Å²) in [5.74, 6) is 0.576. The van der Waals surface area contributed by atoms with Crippen LogP contribution in [0.2, 0.25) is 5.02 Å². The van der Waals surface area contributed by atoms with Gasteiger partial charge in [-0.1, -0.05) is 45.7 Å². The molecule has 0 amide bonds. The van der Waals surface area contributed by atoms with Crippen molar-refractivity contribution in [1.82, 2.24) is 0 Å². The fraction of sp³-hybridized carbons (Fsp3) is 0.188. The Hall–Kier alpha value is -1.32. The number of Topliss-reactive ketones (excluding diaryl/α,β-unsaturated/α-hetero) is 1. The average Bonchev–Trinajstić information content (AvgIpc) is 2.43. The Kier molecular flexibility index (Phi) is 4.84. The summed E-state index contributed by atoms with van der Waals surface area (Å²) < 4.78 is 6.66. The highest BCUT2D eigenvalue weighted by Crippen LogP contribution is 2.24. The molecule has 20 heavy (non-hydrogen) atoms. The van der Waals surface area contributed by atoms with Crippen LogP contribution < -0.4 is 4.74 Å². The molecule has 0 saturated heterocycles. The summed E-state index contributed by atoms with van der Waals surface area (Å²) in [5, 5.41) is 0.592. The van der Waals surface area contributed by atoms with Gasteiger partial charge in [-0.05, 0) is 43.7 Å². The SMILES string of the molecule is Cc1ccc(Cl)cc1OC(C)C(=O)c1ccc(Br)cc1. The molecule has 0 heterocycles. The highest BCUT2D eigenvalue weighted by Gasteiger charge is 2.17. The lowest BCUT2D eigenvalue weighted by Crippen LogP contribution is -2.24. The molecule has 0 fully saturated rings. The molecule has 1 unspecified atom stereocenters. The topological polar surface area (TPSA) is 26.3 Å². The molecule has 0 N–H and O–H groups in total. The van der Waals surface area contributed by atoms with Crippen LogP contribution in [0.5, 0.6) is 5.75 Å². The maximum Gasteiger partial charge on any atom is 0.202 e. The molecule has 0 aliphatic heterocycles. The van der Waals surface area contributed by atoms with Gasteiger partial charge >= 0.3 is 0 Å². The smallest absolute Gasteiger partial charge is 0.202 e. The Balaban J connectivity index is 2.15. The van der Waals surface area contributed by atoms with E-state index in [1.54, 1.807) is 31.2 Å².